The second kappa shape index (κ2) is 6.34. The van der Waals surface area contributed by atoms with Gasteiger partial charge in [-0.1, -0.05) is 18.2 Å². The molecule has 0 aliphatic carbocycles. The van der Waals surface area contributed by atoms with Gasteiger partial charge in [0.15, 0.2) is 11.5 Å². The molecule has 1 aromatic carbocycles. The molecule has 1 rings (SSSR count). The molecular weight excluding hydrogens is 234 g/mol. The van der Waals surface area contributed by atoms with Crippen LogP contribution in [-0.2, 0) is 9.53 Å². The van der Waals surface area contributed by atoms with Crippen LogP contribution in [0.2, 0.25) is 0 Å². The maximum absolute atomic E-state index is 10.8. The standard InChI is InChI=1S/C13H15NO4/c1-17-11-8-9(7-10(14)13(11)16)5-3-4-6-12(15)18-2/h3-8,16H,14H2,1-2H3. The molecule has 0 aliphatic rings. The van der Waals surface area contributed by atoms with Gasteiger partial charge in [0.1, 0.15) is 0 Å². The summed E-state index contributed by atoms with van der Waals surface area (Å²) in [7, 11) is 2.75. The van der Waals surface area contributed by atoms with Crippen LogP contribution in [0, 0.1) is 0 Å². The lowest BCUT2D eigenvalue weighted by Gasteiger charge is -2.06. The van der Waals surface area contributed by atoms with Crippen LogP contribution < -0.4 is 10.5 Å². The molecule has 5 nitrogen and oxygen atoms in total. The van der Waals surface area contributed by atoms with Gasteiger partial charge in [-0.3, -0.25) is 0 Å². The van der Waals surface area contributed by atoms with Gasteiger partial charge in [-0.25, -0.2) is 4.79 Å². The van der Waals surface area contributed by atoms with Crippen molar-refractivity contribution in [3.63, 3.8) is 0 Å². The number of nitrogen functional groups attached to an aromatic ring is 1. The van der Waals surface area contributed by atoms with E-state index in [2.05, 4.69) is 4.74 Å². The summed E-state index contributed by atoms with van der Waals surface area (Å²) in [6.07, 6.45) is 6.21. The van der Waals surface area contributed by atoms with Crippen molar-refractivity contribution in [2.45, 2.75) is 0 Å². The maximum Gasteiger partial charge on any atom is 0.330 e. The highest BCUT2D eigenvalue weighted by Crippen LogP contribution is 2.33. The van der Waals surface area contributed by atoms with Crippen molar-refractivity contribution < 1.29 is 19.4 Å². The molecular formula is C13H15NO4. The monoisotopic (exact) mass is 249 g/mol. The summed E-state index contributed by atoms with van der Waals surface area (Å²) in [6, 6.07) is 3.23. The minimum Gasteiger partial charge on any atom is -0.503 e. The first-order valence-electron chi connectivity index (χ1n) is 5.17. The number of phenols is 1. The molecule has 96 valence electrons. The minimum atomic E-state index is -0.428. The lowest BCUT2D eigenvalue weighted by atomic mass is 10.1. The van der Waals surface area contributed by atoms with Gasteiger partial charge in [0.05, 0.1) is 19.9 Å². The van der Waals surface area contributed by atoms with Crippen molar-refractivity contribution in [2.24, 2.45) is 0 Å². The van der Waals surface area contributed by atoms with Crippen molar-refractivity contribution in [1.82, 2.24) is 0 Å². The Labute approximate surface area is 105 Å². The average molecular weight is 249 g/mol. The summed E-state index contributed by atoms with van der Waals surface area (Å²) >= 11 is 0. The van der Waals surface area contributed by atoms with E-state index in [0.29, 0.717) is 5.75 Å². The molecule has 0 heterocycles. The van der Waals surface area contributed by atoms with Crippen LogP contribution in [0.4, 0.5) is 5.69 Å². The first kappa shape index (κ1) is 13.6. The fourth-order valence-corrected chi connectivity index (χ4v) is 1.27. The number of esters is 1. The highest BCUT2D eigenvalue weighted by Gasteiger charge is 2.06. The normalized spacial score (nSPS) is 11.0. The van der Waals surface area contributed by atoms with Gasteiger partial charge < -0.3 is 20.3 Å². The summed E-state index contributed by atoms with van der Waals surface area (Å²) in [4.78, 5) is 10.8. The van der Waals surface area contributed by atoms with E-state index >= 15 is 0 Å². The third kappa shape index (κ3) is 3.55. The van der Waals surface area contributed by atoms with Crippen molar-refractivity contribution in [3.8, 4) is 11.5 Å². The van der Waals surface area contributed by atoms with E-state index in [1.807, 2.05) is 0 Å². The number of nitrogens with two attached hydrogens (primary N) is 1. The summed E-state index contributed by atoms with van der Waals surface area (Å²) in [6.45, 7) is 0. The van der Waals surface area contributed by atoms with Crippen LogP contribution >= 0.6 is 0 Å². The molecule has 0 unspecified atom stereocenters. The predicted octanol–water partition coefficient (Wildman–Crippen LogP) is 1.73. The maximum atomic E-state index is 10.8. The second-order valence-electron chi connectivity index (χ2n) is 3.40. The zero-order valence-corrected chi connectivity index (χ0v) is 10.2. The highest BCUT2D eigenvalue weighted by atomic mass is 16.5. The van der Waals surface area contributed by atoms with Crippen LogP contribution in [0.3, 0.4) is 0 Å². The lowest BCUT2D eigenvalue weighted by Crippen LogP contribution is -1.92. The van der Waals surface area contributed by atoms with Crippen LogP contribution in [0.1, 0.15) is 5.56 Å². The first-order valence-corrected chi connectivity index (χ1v) is 5.17. The largest absolute Gasteiger partial charge is 0.503 e. The highest BCUT2D eigenvalue weighted by molar-refractivity contribution is 5.82. The van der Waals surface area contributed by atoms with E-state index < -0.39 is 5.97 Å². The number of methoxy groups -OCH3 is 2. The zero-order chi connectivity index (χ0) is 13.5. The fraction of sp³-hybridized carbons (Fsp3) is 0.154. The van der Waals surface area contributed by atoms with Crippen molar-refractivity contribution in [1.29, 1.82) is 0 Å². The quantitative estimate of drug-likeness (QED) is 0.279. The number of allylic oxidation sites excluding steroid dienone is 2. The molecule has 0 aromatic heterocycles. The molecule has 0 spiro atoms. The molecule has 0 saturated heterocycles. The molecule has 0 aliphatic heterocycles. The molecule has 0 radical (unpaired) electrons. The number of hydrogen-bond acceptors (Lipinski definition) is 5. The van der Waals surface area contributed by atoms with Gasteiger partial charge in [-0.05, 0) is 17.7 Å². The molecule has 0 atom stereocenters. The third-order valence-electron chi connectivity index (χ3n) is 2.18. The van der Waals surface area contributed by atoms with Gasteiger partial charge >= 0.3 is 5.97 Å². The Morgan fingerprint density at radius 2 is 2.06 bits per heavy atom. The number of aromatic hydroxyl groups is 1. The average Bonchev–Trinajstić information content (AvgIpc) is 2.38. The van der Waals surface area contributed by atoms with Crippen LogP contribution in [0.25, 0.3) is 6.08 Å². The molecule has 0 fully saturated rings. The molecule has 1 aromatic rings. The molecule has 5 heteroatoms. The fourth-order valence-electron chi connectivity index (χ4n) is 1.27. The molecule has 0 bridgehead atoms. The van der Waals surface area contributed by atoms with E-state index in [-0.39, 0.29) is 11.4 Å². The summed E-state index contributed by atoms with van der Waals surface area (Å²) in [5.74, 6) is -0.214. The topological polar surface area (TPSA) is 81.8 Å². The first-order chi connectivity index (χ1) is 8.58. The molecule has 3 N–H and O–H groups in total. The van der Waals surface area contributed by atoms with Gasteiger partial charge in [-0.15, -0.1) is 0 Å². The summed E-state index contributed by atoms with van der Waals surface area (Å²) in [5.41, 5.74) is 6.59. The van der Waals surface area contributed by atoms with Crippen molar-refractivity contribution >= 4 is 17.7 Å². The number of phenolic OH excluding ortho intramolecular Hbond substituents is 1. The Bertz CT molecular complexity index is 492. The van der Waals surface area contributed by atoms with Crippen LogP contribution in [0.15, 0.2) is 30.4 Å². The Morgan fingerprint density at radius 1 is 1.33 bits per heavy atom. The van der Waals surface area contributed by atoms with Crippen molar-refractivity contribution in [2.75, 3.05) is 20.0 Å². The van der Waals surface area contributed by atoms with E-state index in [4.69, 9.17) is 10.5 Å². The smallest absolute Gasteiger partial charge is 0.330 e. The van der Waals surface area contributed by atoms with Crippen LogP contribution in [0.5, 0.6) is 11.5 Å². The van der Waals surface area contributed by atoms with E-state index in [1.54, 1.807) is 30.4 Å². The van der Waals surface area contributed by atoms with Gasteiger partial charge in [0.2, 0.25) is 0 Å². The van der Waals surface area contributed by atoms with Crippen molar-refractivity contribution in [3.05, 3.63) is 35.9 Å². The third-order valence-corrected chi connectivity index (χ3v) is 2.18. The number of ether oxygens (including phenoxy) is 2. The number of anilines is 1. The van der Waals surface area contributed by atoms with Gasteiger partial charge in [0, 0.05) is 6.08 Å². The van der Waals surface area contributed by atoms with E-state index in [0.717, 1.165) is 5.56 Å². The second-order valence-corrected chi connectivity index (χ2v) is 3.40. The molecule has 18 heavy (non-hydrogen) atoms. The number of carbonyl (C=O) groups excluding carboxylic acids is 1. The van der Waals surface area contributed by atoms with Gasteiger partial charge in [-0.2, -0.15) is 0 Å². The Morgan fingerprint density at radius 3 is 2.67 bits per heavy atom. The number of benzene rings is 1. The Balaban J connectivity index is 2.85. The minimum absolute atomic E-state index is 0.0836. The van der Waals surface area contributed by atoms with Crippen LogP contribution in [-0.4, -0.2) is 25.3 Å². The number of hydrogen-bond donors (Lipinski definition) is 2. The van der Waals surface area contributed by atoms with E-state index in [1.165, 1.54) is 20.3 Å². The lowest BCUT2D eigenvalue weighted by molar-refractivity contribution is -0.134. The predicted molar refractivity (Wildman–Crippen MR) is 69.3 cm³/mol. The van der Waals surface area contributed by atoms with Gasteiger partial charge in [0.25, 0.3) is 0 Å². The summed E-state index contributed by atoms with van der Waals surface area (Å²) < 4.78 is 9.41. The Kier molecular flexibility index (Phi) is 4.80. The number of rotatable bonds is 4. The zero-order valence-electron chi connectivity index (χ0n) is 10.2. The Hall–Kier alpha value is -2.43. The summed E-state index contributed by atoms with van der Waals surface area (Å²) in [5, 5.41) is 9.55. The number of carbonyl (C=O) groups is 1. The molecule has 0 saturated carbocycles. The van der Waals surface area contributed by atoms with E-state index in [9.17, 15) is 9.90 Å². The molecule has 0 amide bonds. The SMILES string of the molecule is COC(=O)C=CC=Cc1cc(N)c(O)c(OC)c1.